The molecule has 152 valence electrons. The molecular formula is C22H22N6OS. The Morgan fingerprint density at radius 3 is 2.63 bits per heavy atom. The predicted octanol–water partition coefficient (Wildman–Crippen LogP) is 3.23. The largest absolute Gasteiger partial charge is 0.375 e. The number of nitrogens with zero attached hydrogens (tertiary/aromatic N) is 5. The van der Waals surface area contributed by atoms with Crippen LogP contribution in [0.4, 0.5) is 5.13 Å². The van der Waals surface area contributed by atoms with E-state index in [1.54, 1.807) is 12.5 Å². The van der Waals surface area contributed by atoms with E-state index in [1.807, 2.05) is 28.6 Å². The average Bonchev–Trinajstić information content (AvgIpc) is 3.39. The number of anilines is 1. The second kappa shape index (κ2) is 7.21. The third kappa shape index (κ3) is 3.04. The molecule has 0 saturated carbocycles. The topological polar surface area (TPSA) is 89.9 Å². The number of benzene rings is 1. The molecule has 1 aromatic carbocycles. The number of hydrogen-bond acceptors (Lipinski definition) is 6. The lowest BCUT2D eigenvalue weighted by Gasteiger charge is -2.41. The Morgan fingerprint density at radius 1 is 1.17 bits per heavy atom. The Kier molecular flexibility index (Phi) is 4.51. The van der Waals surface area contributed by atoms with Gasteiger partial charge in [-0.25, -0.2) is 15.0 Å². The van der Waals surface area contributed by atoms with Gasteiger partial charge in [0.05, 0.1) is 17.6 Å². The first-order chi connectivity index (χ1) is 14.6. The Morgan fingerprint density at radius 2 is 1.93 bits per heavy atom. The number of imidazole rings is 1. The molecule has 0 bridgehead atoms. The van der Waals surface area contributed by atoms with Gasteiger partial charge in [0.2, 0.25) is 0 Å². The average molecular weight is 419 g/mol. The maximum Gasteiger partial charge on any atom is 0.255 e. The van der Waals surface area contributed by atoms with E-state index in [2.05, 4.69) is 44.6 Å². The number of rotatable bonds is 3. The molecule has 0 aliphatic carbocycles. The van der Waals surface area contributed by atoms with Crippen LogP contribution in [0.25, 0.3) is 11.2 Å². The van der Waals surface area contributed by atoms with Crippen molar-refractivity contribution >= 4 is 33.5 Å². The minimum absolute atomic E-state index is 0.00509. The minimum Gasteiger partial charge on any atom is -0.375 e. The van der Waals surface area contributed by atoms with E-state index < -0.39 is 0 Å². The number of fused-ring (bicyclic) bond motifs is 1. The van der Waals surface area contributed by atoms with Gasteiger partial charge in [-0.3, -0.25) is 4.79 Å². The number of hydrogen-bond donors (Lipinski definition) is 1. The number of nitrogen functional groups attached to an aromatic ring is 1. The molecule has 8 heteroatoms. The van der Waals surface area contributed by atoms with E-state index in [0.717, 1.165) is 29.7 Å². The number of piperidine rings is 1. The van der Waals surface area contributed by atoms with Crippen LogP contribution in [-0.2, 0) is 12.5 Å². The third-order valence-corrected chi connectivity index (χ3v) is 6.72. The van der Waals surface area contributed by atoms with E-state index in [0.29, 0.717) is 23.8 Å². The van der Waals surface area contributed by atoms with Crippen molar-refractivity contribution in [1.29, 1.82) is 0 Å². The molecule has 7 nitrogen and oxygen atoms in total. The lowest BCUT2D eigenvalue weighted by molar-refractivity contribution is 0.0684. The van der Waals surface area contributed by atoms with Crippen LogP contribution in [0.1, 0.15) is 34.5 Å². The van der Waals surface area contributed by atoms with E-state index in [-0.39, 0.29) is 11.3 Å². The number of thiazole rings is 1. The second-order valence-corrected chi connectivity index (χ2v) is 8.62. The van der Waals surface area contributed by atoms with Crippen molar-refractivity contribution in [3.05, 3.63) is 71.1 Å². The SMILES string of the molecule is Cn1cnc2cc(C(=O)N3CCC(c4ccccc4)(c4csc(N)n4)CC3)cnc21. The van der Waals surface area contributed by atoms with Crippen molar-refractivity contribution in [3.8, 4) is 0 Å². The molecule has 1 aliphatic heterocycles. The molecule has 1 aliphatic rings. The van der Waals surface area contributed by atoms with Crippen LogP contribution in [0.15, 0.2) is 54.3 Å². The summed E-state index contributed by atoms with van der Waals surface area (Å²) in [7, 11) is 1.89. The summed E-state index contributed by atoms with van der Waals surface area (Å²) in [4.78, 5) is 28.4. The van der Waals surface area contributed by atoms with Crippen molar-refractivity contribution < 1.29 is 4.79 Å². The van der Waals surface area contributed by atoms with Gasteiger partial charge >= 0.3 is 0 Å². The standard InChI is InChI=1S/C22H22N6OS/c1-27-14-25-17-11-15(12-24-19(17)27)20(29)28-9-7-22(8-10-28,16-5-3-2-4-6-16)18-13-30-21(23)26-18/h2-6,11-14H,7-10H2,1H3,(H2,23,26). The van der Waals surface area contributed by atoms with Crippen LogP contribution in [0.5, 0.6) is 0 Å². The van der Waals surface area contributed by atoms with Crippen LogP contribution in [0.2, 0.25) is 0 Å². The van der Waals surface area contributed by atoms with Crippen LogP contribution < -0.4 is 5.73 Å². The zero-order chi connectivity index (χ0) is 20.7. The third-order valence-electron chi connectivity index (χ3n) is 6.04. The van der Waals surface area contributed by atoms with Crippen LogP contribution in [-0.4, -0.2) is 43.4 Å². The van der Waals surface area contributed by atoms with Gasteiger partial charge in [-0.15, -0.1) is 11.3 Å². The molecule has 0 atom stereocenters. The number of carbonyl (C=O) groups is 1. The van der Waals surface area contributed by atoms with Gasteiger partial charge in [0.25, 0.3) is 5.91 Å². The maximum atomic E-state index is 13.2. The van der Waals surface area contributed by atoms with Crippen molar-refractivity contribution in [2.75, 3.05) is 18.8 Å². The van der Waals surface area contributed by atoms with Gasteiger partial charge in [-0.1, -0.05) is 30.3 Å². The smallest absolute Gasteiger partial charge is 0.255 e. The quantitative estimate of drug-likeness (QED) is 0.552. The molecule has 3 aromatic heterocycles. The highest BCUT2D eigenvalue weighted by atomic mass is 32.1. The molecule has 1 fully saturated rings. The molecule has 0 spiro atoms. The van der Waals surface area contributed by atoms with Crippen molar-refractivity contribution in [1.82, 2.24) is 24.4 Å². The van der Waals surface area contributed by atoms with Gasteiger partial charge in [0.15, 0.2) is 10.8 Å². The molecule has 0 unspecified atom stereocenters. The molecule has 4 aromatic rings. The summed E-state index contributed by atoms with van der Waals surface area (Å²) in [6.45, 7) is 1.29. The van der Waals surface area contributed by atoms with Crippen molar-refractivity contribution in [2.45, 2.75) is 18.3 Å². The Hall–Kier alpha value is -3.26. The molecule has 1 saturated heterocycles. The number of pyridine rings is 1. The first-order valence-electron chi connectivity index (χ1n) is 9.90. The number of aromatic nitrogens is 4. The first kappa shape index (κ1) is 18.7. The highest BCUT2D eigenvalue weighted by molar-refractivity contribution is 7.13. The molecular weight excluding hydrogens is 396 g/mol. The fourth-order valence-corrected chi connectivity index (χ4v) is 5.03. The monoisotopic (exact) mass is 418 g/mol. The number of carbonyl (C=O) groups excluding carboxylic acids is 1. The first-order valence-corrected chi connectivity index (χ1v) is 10.8. The zero-order valence-electron chi connectivity index (χ0n) is 16.7. The van der Waals surface area contributed by atoms with Crippen LogP contribution in [0, 0.1) is 0 Å². The predicted molar refractivity (Wildman–Crippen MR) is 117 cm³/mol. The van der Waals surface area contributed by atoms with Crippen molar-refractivity contribution in [3.63, 3.8) is 0 Å². The van der Waals surface area contributed by atoms with Crippen LogP contribution in [0.3, 0.4) is 0 Å². The Labute approximate surface area is 178 Å². The highest BCUT2D eigenvalue weighted by Gasteiger charge is 2.40. The molecule has 2 N–H and O–H groups in total. The summed E-state index contributed by atoms with van der Waals surface area (Å²) in [5, 5.41) is 2.63. The van der Waals surface area contributed by atoms with Gasteiger partial charge in [0, 0.05) is 37.1 Å². The van der Waals surface area contributed by atoms with E-state index >= 15 is 0 Å². The fraction of sp³-hybridized carbons (Fsp3) is 0.273. The van der Waals surface area contributed by atoms with E-state index in [9.17, 15) is 4.79 Å². The molecule has 30 heavy (non-hydrogen) atoms. The van der Waals surface area contributed by atoms with E-state index in [1.165, 1.54) is 16.9 Å². The van der Waals surface area contributed by atoms with Crippen LogP contribution >= 0.6 is 11.3 Å². The van der Waals surface area contributed by atoms with Gasteiger partial charge in [-0.2, -0.15) is 0 Å². The number of aryl methyl sites for hydroxylation is 1. The van der Waals surface area contributed by atoms with Gasteiger partial charge in [-0.05, 0) is 24.5 Å². The minimum atomic E-state index is -0.227. The molecule has 0 radical (unpaired) electrons. The van der Waals surface area contributed by atoms with Gasteiger partial charge in [0.1, 0.15) is 5.52 Å². The summed E-state index contributed by atoms with van der Waals surface area (Å²) in [6.07, 6.45) is 4.95. The zero-order valence-corrected chi connectivity index (χ0v) is 17.5. The number of nitrogens with two attached hydrogens (primary N) is 1. The fourth-order valence-electron chi connectivity index (χ4n) is 4.36. The normalized spacial score (nSPS) is 16.1. The summed E-state index contributed by atoms with van der Waals surface area (Å²) in [6, 6.07) is 12.2. The summed E-state index contributed by atoms with van der Waals surface area (Å²) in [5.41, 5.74) is 10.0. The Bertz CT molecular complexity index is 1210. The summed E-state index contributed by atoms with van der Waals surface area (Å²) < 4.78 is 1.85. The lowest BCUT2D eigenvalue weighted by Crippen LogP contribution is -2.46. The number of amides is 1. The highest BCUT2D eigenvalue weighted by Crippen LogP contribution is 2.42. The van der Waals surface area contributed by atoms with Gasteiger partial charge < -0.3 is 15.2 Å². The summed E-state index contributed by atoms with van der Waals surface area (Å²) in [5.74, 6) is -0.00509. The molecule has 5 rings (SSSR count). The van der Waals surface area contributed by atoms with E-state index in [4.69, 9.17) is 5.73 Å². The second-order valence-electron chi connectivity index (χ2n) is 7.73. The molecule has 4 heterocycles. The Balaban J connectivity index is 1.42. The van der Waals surface area contributed by atoms with Crippen molar-refractivity contribution in [2.24, 2.45) is 7.05 Å². The summed E-state index contributed by atoms with van der Waals surface area (Å²) >= 11 is 1.47. The maximum absolute atomic E-state index is 13.2. The number of likely N-dealkylation sites (tertiary alicyclic amines) is 1. The molecule has 1 amide bonds. The lowest BCUT2D eigenvalue weighted by atomic mass is 9.70.